The largest absolute Gasteiger partial charge is 0.394 e. The highest BCUT2D eigenvalue weighted by Gasteiger charge is 2.58. The second-order valence-corrected chi connectivity index (χ2v) is 11.7. The van der Waals surface area contributed by atoms with E-state index in [0.717, 1.165) is 44.8 Å². The van der Waals surface area contributed by atoms with Gasteiger partial charge in [0.25, 0.3) is 0 Å². The smallest absolute Gasteiger partial charge is 0.186 e. The van der Waals surface area contributed by atoms with Crippen LogP contribution in [0.5, 0.6) is 0 Å². The average Bonchev–Trinajstić information content (AvgIpc) is 2.75. The van der Waals surface area contributed by atoms with E-state index in [1.165, 1.54) is 5.57 Å². The zero-order valence-corrected chi connectivity index (χ0v) is 19.7. The van der Waals surface area contributed by atoms with Gasteiger partial charge in [0.15, 0.2) is 6.29 Å². The van der Waals surface area contributed by atoms with Crippen molar-refractivity contribution < 1.29 is 34.7 Å². The lowest BCUT2D eigenvalue weighted by Crippen LogP contribution is -2.62. The van der Waals surface area contributed by atoms with Gasteiger partial charge in [0.1, 0.15) is 30.7 Å². The van der Waals surface area contributed by atoms with E-state index in [1.54, 1.807) is 0 Å². The minimum atomic E-state index is -1.43. The summed E-state index contributed by atoms with van der Waals surface area (Å²) in [5.41, 5.74) is 1.03. The number of hydrogen-bond donors (Lipinski definition) is 4. The number of carbonyl (C=O) groups is 1. The van der Waals surface area contributed by atoms with Crippen molar-refractivity contribution in [3.8, 4) is 0 Å². The molecule has 10 atom stereocenters. The Balaban J connectivity index is 1.53. The Hall–Kier alpha value is -0.830. The predicted molar refractivity (Wildman–Crippen MR) is 117 cm³/mol. The van der Waals surface area contributed by atoms with Crippen molar-refractivity contribution in [2.75, 3.05) is 6.61 Å². The summed E-state index contributed by atoms with van der Waals surface area (Å²) in [4.78, 5) is 11.6. The summed E-state index contributed by atoms with van der Waals surface area (Å²) in [6.45, 7) is 8.40. The summed E-state index contributed by atoms with van der Waals surface area (Å²) in [6.07, 6.45) is 2.59. The molecule has 182 valence electrons. The number of allylic oxidation sites excluding steroid dienone is 2. The maximum Gasteiger partial charge on any atom is 0.186 e. The van der Waals surface area contributed by atoms with E-state index in [9.17, 15) is 25.2 Å². The molecule has 0 unspecified atom stereocenters. The highest BCUT2D eigenvalue weighted by atomic mass is 16.7. The Morgan fingerprint density at radius 3 is 2.44 bits per heavy atom. The topological polar surface area (TPSA) is 116 Å². The Labute approximate surface area is 190 Å². The van der Waals surface area contributed by atoms with Crippen LogP contribution in [0.15, 0.2) is 11.6 Å². The highest BCUT2D eigenvalue weighted by Crippen LogP contribution is 2.64. The first-order valence-electron chi connectivity index (χ1n) is 12.1. The van der Waals surface area contributed by atoms with Crippen LogP contribution in [0, 0.1) is 28.1 Å². The molecule has 3 aliphatic carbocycles. The number of aliphatic hydroxyl groups is 4. The molecule has 4 aliphatic rings. The molecule has 32 heavy (non-hydrogen) atoms. The molecule has 1 saturated heterocycles. The number of rotatable bonds is 4. The Morgan fingerprint density at radius 1 is 1.06 bits per heavy atom. The molecule has 4 rings (SSSR count). The lowest BCUT2D eigenvalue weighted by molar-refractivity contribution is -0.327. The number of carbonyl (C=O) groups excluding carboxylic acids is 1. The molecule has 7 heteroatoms. The van der Waals surface area contributed by atoms with Gasteiger partial charge in [0, 0.05) is 5.41 Å². The lowest BCUT2D eigenvalue weighted by Gasteiger charge is -2.61. The molecule has 0 aromatic rings. The minimum Gasteiger partial charge on any atom is -0.394 e. The number of aliphatic hydroxyl groups excluding tert-OH is 4. The zero-order chi connectivity index (χ0) is 23.5. The normalized spacial score (nSPS) is 50.7. The molecule has 0 spiro atoms. The summed E-state index contributed by atoms with van der Waals surface area (Å²) in [5.74, 6) is 0.878. The van der Waals surface area contributed by atoms with Crippen LogP contribution in [0.1, 0.15) is 66.2 Å². The molecule has 2 saturated carbocycles. The second-order valence-electron chi connectivity index (χ2n) is 11.7. The number of ether oxygens (including phenoxy) is 2. The van der Waals surface area contributed by atoms with E-state index in [2.05, 4.69) is 26.8 Å². The molecule has 1 heterocycles. The molecule has 0 aromatic carbocycles. The summed E-state index contributed by atoms with van der Waals surface area (Å²) in [6, 6.07) is 0. The van der Waals surface area contributed by atoms with E-state index < -0.39 is 37.3 Å². The maximum absolute atomic E-state index is 11.6. The summed E-state index contributed by atoms with van der Waals surface area (Å²) < 4.78 is 11.9. The fraction of sp³-hybridized carbons (Fsp3) is 0.880. The van der Waals surface area contributed by atoms with Crippen LogP contribution in [-0.2, 0) is 14.3 Å². The van der Waals surface area contributed by atoms with Crippen molar-refractivity contribution in [3.05, 3.63) is 11.6 Å². The predicted octanol–water partition coefficient (Wildman–Crippen LogP) is 1.95. The van der Waals surface area contributed by atoms with Crippen molar-refractivity contribution in [3.63, 3.8) is 0 Å². The molecular formula is C25H40O7. The fourth-order valence-corrected chi connectivity index (χ4v) is 7.41. The quantitative estimate of drug-likeness (QED) is 0.293. The van der Waals surface area contributed by atoms with Crippen molar-refractivity contribution in [1.29, 1.82) is 0 Å². The molecule has 0 radical (unpaired) electrons. The van der Waals surface area contributed by atoms with Gasteiger partial charge in [0.2, 0.25) is 0 Å². The van der Waals surface area contributed by atoms with Crippen molar-refractivity contribution >= 4 is 6.29 Å². The van der Waals surface area contributed by atoms with Gasteiger partial charge in [0.05, 0.1) is 12.7 Å². The summed E-state index contributed by atoms with van der Waals surface area (Å²) >= 11 is 0. The summed E-state index contributed by atoms with van der Waals surface area (Å²) in [5, 5.41) is 40.1. The van der Waals surface area contributed by atoms with Gasteiger partial charge in [-0.2, -0.15) is 0 Å². The molecule has 4 N–H and O–H groups in total. The molecule has 7 nitrogen and oxygen atoms in total. The number of aldehydes is 1. The number of fused-ring (bicyclic) bond motifs is 3. The van der Waals surface area contributed by atoms with Gasteiger partial charge >= 0.3 is 0 Å². The van der Waals surface area contributed by atoms with Crippen LogP contribution in [0.4, 0.5) is 0 Å². The monoisotopic (exact) mass is 452 g/mol. The van der Waals surface area contributed by atoms with Crippen LogP contribution in [0.2, 0.25) is 0 Å². The van der Waals surface area contributed by atoms with Crippen molar-refractivity contribution in [1.82, 2.24) is 0 Å². The molecule has 0 bridgehead atoms. The van der Waals surface area contributed by atoms with E-state index in [0.29, 0.717) is 11.8 Å². The first kappa shape index (κ1) is 24.3. The molecule has 1 aliphatic heterocycles. The van der Waals surface area contributed by atoms with Crippen molar-refractivity contribution in [2.45, 2.75) is 103 Å². The van der Waals surface area contributed by atoms with E-state index in [1.807, 2.05) is 6.92 Å². The molecule has 3 fully saturated rings. The van der Waals surface area contributed by atoms with Crippen LogP contribution in [0.25, 0.3) is 0 Å². The van der Waals surface area contributed by atoms with Gasteiger partial charge in [-0.3, -0.25) is 0 Å². The molecule has 0 amide bonds. The zero-order valence-electron chi connectivity index (χ0n) is 19.7. The van der Waals surface area contributed by atoms with Gasteiger partial charge in [-0.05, 0) is 68.1 Å². The minimum absolute atomic E-state index is 0.118. The Bertz CT molecular complexity index is 749. The SMILES string of the molecule is CC1(C)[C@H]2CCC3=C[C@@](C)(C=O)CC[C@H]3[C@]2(C)CC[C@H]1O[C@@H]1O[C@H](CO)[C@@H](O)[C@H](O)[C@H]1O. The third-order valence-corrected chi connectivity index (χ3v) is 9.34. The fourth-order valence-electron chi connectivity index (χ4n) is 7.41. The highest BCUT2D eigenvalue weighted by molar-refractivity contribution is 5.63. The third kappa shape index (κ3) is 3.79. The van der Waals surface area contributed by atoms with Crippen LogP contribution >= 0.6 is 0 Å². The molecular weight excluding hydrogens is 412 g/mol. The van der Waals surface area contributed by atoms with Crippen LogP contribution in [0.3, 0.4) is 0 Å². The van der Waals surface area contributed by atoms with E-state index >= 15 is 0 Å². The first-order valence-corrected chi connectivity index (χ1v) is 12.1. The van der Waals surface area contributed by atoms with E-state index in [4.69, 9.17) is 9.47 Å². The Morgan fingerprint density at radius 2 is 1.78 bits per heavy atom. The van der Waals surface area contributed by atoms with Gasteiger partial charge in [-0.15, -0.1) is 0 Å². The maximum atomic E-state index is 11.6. The first-order chi connectivity index (χ1) is 15.0. The standard InChI is InChI=1S/C25H40O7/c1-23(2)17-6-5-14-11-24(3,13-27)9-7-15(14)25(17,4)10-8-18(23)32-22-21(30)20(29)19(28)16(12-26)31-22/h11,13,15-22,26,28-30H,5-10,12H2,1-4H3/t15-,16-,17-,18-,19-,20+,21-,22+,24+,25+/m1/s1. The van der Waals surface area contributed by atoms with Gasteiger partial charge in [-0.1, -0.05) is 32.4 Å². The van der Waals surface area contributed by atoms with Crippen molar-refractivity contribution in [2.24, 2.45) is 28.1 Å². The van der Waals surface area contributed by atoms with Gasteiger partial charge in [-0.25, -0.2) is 0 Å². The van der Waals surface area contributed by atoms with Crippen LogP contribution in [-0.4, -0.2) is 70.1 Å². The van der Waals surface area contributed by atoms with Gasteiger partial charge < -0.3 is 34.7 Å². The second kappa shape index (κ2) is 8.43. The summed E-state index contributed by atoms with van der Waals surface area (Å²) in [7, 11) is 0. The number of hydrogen-bond acceptors (Lipinski definition) is 7. The molecule has 0 aromatic heterocycles. The lowest BCUT2D eigenvalue weighted by atomic mass is 9.45. The third-order valence-electron chi connectivity index (χ3n) is 9.34. The van der Waals surface area contributed by atoms with E-state index in [-0.39, 0.29) is 22.3 Å². The Kier molecular flexibility index (Phi) is 6.40. The average molecular weight is 453 g/mol. The van der Waals surface area contributed by atoms with Crippen LogP contribution < -0.4 is 0 Å².